The number of hydrogen-bond donors (Lipinski definition) is 0. The lowest BCUT2D eigenvalue weighted by atomic mass is 10.0. The van der Waals surface area contributed by atoms with Crippen LogP contribution in [0.5, 0.6) is 0 Å². The van der Waals surface area contributed by atoms with Crippen molar-refractivity contribution >= 4 is 17.4 Å². The maximum absolute atomic E-state index is 11.8. The van der Waals surface area contributed by atoms with Gasteiger partial charge in [0, 0.05) is 30.7 Å². The number of ether oxygens (including phenoxy) is 1. The van der Waals surface area contributed by atoms with Crippen molar-refractivity contribution < 1.29 is 9.53 Å². The Labute approximate surface area is 95.2 Å². The van der Waals surface area contributed by atoms with E-state index in [4.69, 9.17) is 16.3 Å². The zero-order valence-electron chi connectivity index (χ0n) is 9.05. The third-order valence-corrected chi connectivity index (χ3v) is 2.49. The van der Waals surface area contributed by atoms with Gasteiger partial charge < -0.3 is 4.74 Å². The van der Waals surface area contributed by atoms with E-state index in [0.29, 0.717) is 18.1 Å². The molecule has 0 aliphatic rings. The van der Waals surface area contributed by atoms with Crippen LogP contribution in [0.1, 0.15) is 28.8 Å². The lowest BCUT2D eigenvalue weighted by Crippen LogP contribution is -2.03. The Kier molecular flexibility index (Phi) is 4.79. The molecule has 0 aliphatic carbocycles. The molecule has 0 bridgehead atoms. The van der Waals surface area contributed by atoms with Crippen LogP contribution >= 0.6 is 11.6 Å². The quantitative estimate of drug-likeness (QED) is 0.569. The summed E-state index contributed by atoms with van der Waals surface area (Å²) in [5.41, 5.74) is 1.69. The molecule has 0 fully saturated rings. The summed E-state index contributed by atoms with van der Waals surface area (Å²) in [5, 5.41) is 0.607. The van der Waals surface area contributed by atoms with Gasteiger partial charge in [-0.3, -0.25) is 4.79 Å². The summed E-state index contributed by atoms with van der Waals surface area (Å²) in [5.74, 6) is 0.132. The first-order chi connectivity index (χ1) is 7.15. The molecule has 0 atom stereocenters. The Morgan fingerprint density at radius 3 is 2.87 bits per heavy atom. The van der Waals surface area contributed by atoms with Crippen molar-refractivity contribution in [1.29, 1.82) is 0 Å². The fourth-order valence-corrected chi connectivity index (χ4v) is 1.58. The predicted octanol–water partition coefficient (Wildman–Crippen LogP) is 3.26. The third kappa shape index (κ3) is 3.65. The highest BCUT2D eigenvalue weighted by molar-refractivity contribution is 6.31. The lowest BCUT2D eigenvalue weighted by Gasteiger charge is -2.05. The van der Waals surface area contributed by atoms with Gasteiger partial charge in [0.05, 0.1) is 0 Å². The molecular weight excluding hydrogens is 212 g/mol. The number of methoxy groups -OCH3 is 1. The van der Waals surface area contributed by atoms with Crippen molar-refractivity contribution in [3.8, 4) is 0 Å². The second-order valence-electron chi connectivity index (χ2n) is 3.48. The molecule has 15 heavy (non-hydrogen) atoms. The summed E-state index contributed by atoms with van der Waals surface area (Å²) < 4.78 is 4.90. The average molecular weight is 227 g/mol. The topological polar surface area (TPSA) is 26.3 Å². The predicted molar refractivity (Wildman–Crippen MR) is 61.6 cm³/mol. The highest BCUT2D eigenvalue weighted by atomic mass is 35.5. The second-order valence-corrected chi connectivity index (χ2v) is 3.92. The van der Waals surface area contributed by atoms with E-state index in [1.807, 2.05) is 13.0 Å². The summed E-state index contributed by atoms with van der Waals surface area (Å²) in [4.78, 5) is 11.8. The molecule has 0 aliphatic heterocycles. The Morgan fingerprint density at radius 1 is 1.47 bits per heavy atom. The third-order valence-electron chi connectivity index (χ3n) is 2.25. The van der Waals surface area contributed by atoms with Crippen LogP contribution < -0.4 is 0 Å². The molecule has 0 saturated carbocycles. The molecule has 0 saturated heterocycles. The van der Waals surface area contributed by atoms with Crippen molar-refractivity contribution in [2.24, 2.45) is 0 Å². The van der Waals surface area contributed by atoms with Crippen LogP contribution in [0, 0.1) is 6.92 Å². The molecule has 0 spiro atoms. The zero-order valence-corrected chi connectivity index (χ0v) is 9.80. The maximum Gasteiger partial charge on any atom is 0.163 e. The molecule has 0 radical (unpaired) electrons. The minimum Gasteiger partial charge on any atom is -0.385 e. The zero-order chi connectivity index (χ0) is 11.3. The average Bonchev–Trinajstić information content (AvgIpc) is 2.22. The first-order valence-corrected chi connectivity index (χ1v) is 5.31. The molecular formula is C12H15ClO2. The monoisotopic (exact) mass is 226 g/mol. The molecule has 0 heterocycles. The molecule has 0 unspecified atom stereocenters. The maximum atomic E-state index is 11.8. The number of carbonyl (C=O) groups is 1. The van der Waals surface area contributed by atoms with Gasteiger partial charge in [-0.2, -0.15) is 0 Å². The summed E-state index contributed by atoms with van der Waals surface area (Å²) in [7, 11) is 1.63. The largest absolute Gasteiger partial charge is 0.385 e. The van der Waals surface area contributed by atoms with Gasteiger partial charge in [0.2, 0.25) is 0 Å². The van der Waals surface area contributed by atoms with Crippen molar-refractivity contribution in [3.63, 3.8) is 0 Å². The minimum absolute atomic E-state index is 0.132. The van der Waals surface area contributed by atoms with E-state index in [1.165, 1.54) is 0 Å². The second kappa shape index (κ2) is 5.89. The van der Waals surface area contributed by atoms with E-state index in [1.54, 1.807) is 19.2 Å². The van der Waals surface area contributed by atoms with Crippen molar-refractivity contribution in [3.05, 3.63) is 34.3 Å². The fourth-order valence-electron chi connectivity index (χ4n) is 1.41. The molecule has 1 aromatic carbocycles. The highest BCUT2D eigenvalue weighted by Crippen LogP contribution is 2.17. The summed E-state index contributed by atoms with van der Waals surface area (Å²) in [6.07, 6.45) is 1.26. The van der Waals surface area contributed by atoms with Crippen molar-refractivity contribution in [2.75, 3.05) is 13.7 Å². The van der Waals surface area contributed by atoms with Gasteiger partial charge in [0.15, 0.2) is 5.78 Å². The summed E-state index contributed by atoms with van der Waals surface area (Å²) in [6, 6.07) is 5.39. The Morgan fingerprint density at radius 2 is 2.20 bits per heavy atom. The van der Waals surface area contributed by atoms with Gasteiger partial charge in [0.1, 0.15) is 0 Å². The van der Waals surface area contributed by atoms with Crippen LogP contribution in [0.25, 0.3) is 0 Å². The number of rotatable bonds is 5. The summed E-state index contributed by atoms with van der Waals surface area (Å²) in [6.45, 7) is 2.53. The number of hydrogen-bond acceptors (Lipinski definition) is 2. The molecule has 0 aromatic heterocycles. The molecule has 1 rings (SSSR count). The SMILES string of the molecule is COCCCC(=O)c1cc(Cl)ccc1C. The molecule has 3 heteroatoms. The van der Waals surface area contributed by atoms with E-state index >= 15 is 0 Å². The van der Waals surface area contributed by atoms with Gasteiger partial charge in [-0.05, 0) is 31.0 Å². The number of Topliss-reactive ketones (excluding diaryl/α,β-unsaturated/α-hetero) is 1. The van der Waals surface area contributed by atoms with Gasteiger partial charge in [0.25, 0.3) is 0 Å². The van der Waals surface area contributed by atoms with Gasteiger partial charge in [-0.15, -0.1) is 0 Å². The number of halogens is 1. The number of carbonyl (C=O) groups excluding carboxylic acids is 1. The smallest absolute Gasteiger partial charge is 0.163 e. The molecule has 82 valence electrons. The van der Waals surface area contributed by atoms with E-state index in [2.05, 4.69) is 0 Å². The highest BCUT2D eigenvalue weighted by Gasteiger charge is 2.08. The van der Waals surface area contributed by atoms with E-state index in [9.17, 15) is 4.79 Å². The van der Waals surface area contributed by atoms with Crippen LogP contribution in [-0.4, -0.2) is 19.5 Å². The first-order valence-electron chi connectivity index (χ1n) is 4.93. The lowest BCUT2D eigenvalue weighted by molar-refractivity contribution is 0.0963. The van der Waals surface area contributed by atoms with Gasteiger partial charge in [-0.1, -0.05) is 17.7 Å². The Bertz CT molecular complexity index is 347. The molecule has 1 aromatic rings. The van der Waals surface area contributed by atoms with Crippen LogP contribution in [-0.2, 0) is 4.74 Å². The Hall–Kier alpha value is -0.860. The minimum atomic E-state index is 0.132. The number of ketones is 1. The van der Waals surface area contributed by atoms with Gasteiger partial charge >= 0.3 is 0 Å². The molecule has 0 N–H and O–H groups in total. The van der Waals surface area contributed by atoms with Crippen molar-refractivity contribution in [1.82, 2.24) is 0 Å². The van der Waals surface area contributed by atoms with Crippen LogP contribution in [0.3, 0.4) is 0 Å². The van der Waals surface area contributed by atoms with Crippen molar-refractivity contribution in [2.45, 2.75) is 19.8 Å². The Balaban J connectivity index is 2.68. The first kappa shape index (κ1) is 12.2. The van der Waals surface area contributed by atoms with E-state index < -0.39 is 0 Å². The standard InChI is InChI=1S/C12H15ClO2/c1-9-5-6-10(13)8-11(9)12(14)4-3-7-15-2/h5-6,8H,3-4,7H2,1-2H3. The van der Waals surface area contributed by atoms with Crippen LogP contribution in [0.4, 0.5) is 0 Å². The fraction of sp³-hybridized carbons (Fsp3) is 0.417. The number of aryl methyl sites for hydroxylation is 1. The molecule has 0 amide bonds. The molecule has 2 nitrogen and oxygen atoms in total. The van der Waals surface area contributed by atoms with Crippen LogP contribution in [0.2, 0.25) is 5.02 Å². The number of benzene rings is 1. The normalized spacial score (nSPS) is 10.3. The van der Waals surface area contributed by atoms with E-state index in [0.717, 1.165) is 17.5 Å². The summed E-state index contributed by atoms with van der Waals surface area (Å²) >= 11 is 5.85. The van der Waals surface area contributed by atoms with Gasteiger partial charge in [-0.25, -0.2) is 0 Å². The van der Waals surface area contributed by atoms with E-state index in [-0.39, 0.29) is 5.78 Å². The van der Waals surface area contributed by atoms with Crippen LogP contribution in [0.15, 0.2) is 18.2 Å².